The lowest BCUT2D eigenvalue weighted by molar-refractivity contribution is 0.102. The van der Waals surface area contributed by atoms with Gasteiger partial charge in [0.2, 0.25) is 0 Å². The molecule has 0 spiro atoms. The summed E-state index contributed by atoms with van der Waals surface area (Å²) in [5.74, 6) is 0.489. The van der Waals surface area contributed by atoms with E-state index in [2.05, 4.69) is 24.8 Å². The molecule has 1 N–H and O–H groups in total. The molecule has 1 aliphatic rings. The molecule has 7 nitrogen and oxygen atoms in total. The van der Waals surface area contributed by atoms with Crippen molar-refractivity contribution in [3.8, 4) is 0 Å². The summed E-state index contributed by atoms with van der Waals surface area (Å²) in [5.41, 5.74) is 1.17. The lowest BCUT2D eigenvalue weighted by Gasteiger charge is -2.27. The van der Waals surface area contributed by atoms with E-state index < -0.39 is 0 Å². The summed E-state index contributed by atoms with van der Waals surface area (Å²) < 4.78 is 9.40. The summed E-state index contributed by atoms with van der Waals surface area (Å²) in [6, 6.07) is 5.31. The maximum absolute atomic E-state index is 12.0. The predicted octanol–water partition coefficient (Wildman–Crippen LogP) is 1.33. The van der Waals surface area contributed by atoms with Gasteiger partial charge in [-0.1, -0.05) is 0 Å². The maximum atomic E-state index is 12.0. The van der Waals surface area contributed by atoms with E-state index >= 15 is 0 Å². The van der Waals surface area contributed by atoms with Crippen molar-refractivity contribution < 1.29 is 9.53 Å². The number of aromatic nitrogens is 3. The van der Waals surface area contributed by atoms with E-state index in [0.717, 1.165) is 24.6 Å². The third kappa shape index (κ3) is 3.34. The van der Waals surface area contributed by atoms with Crippen molar-refractivity contribution in [3.63, 3.8) is 0 Å². The van der Waals surface area contributed by atoms with Crippen molar-refractivity contribution in [2.45, 2.75) is 6.92 Å². The number of nitrogens with zero attached hydrogens (tertiary/aromatic N) is 4. The van der Waals surface area contributed by atoms with E-state index in [-0.39, 0.29) is 11.6 Å². The first-order chi connectivity index (χ1) is 10.2. The third-order valence-corrected chi connectivity index (χ3v) is 3.88. The summed E-state index contributed by atoms with van der Waals surface area (Å²) in [4.78, 5) is 14.1. The van der Waals surface area contributed by atoms with Crippen LogP contribution in [0.3, 0.4) is 0 Å². The molecule has 1 amide bonds. The van der Waals surface area contributed by atoms with Crippen LogP contribution in [-0.2, 0) is 4.74 Å². The van der Waals surface area contributed by atoms with Crippen LogP contribution in [0.1, 0.15) is 16.2 Å². The number of rotatable bonds is 3. The molecule has 3 heterocycles. The minimum atomic E-state index is -0.278. The SMILES string of the molecule is Cc1cc(NC(=O)c2ccc(N3CCOCC3)nn2)sn1. The Kier molecular flexibility index (Phi) is 4.07. The number of amides is 1. The molecule has 0 saturated carbocycles. The van der Waals surface area contributed by atoms with Crippen LogP contribution in [0.25, 0.3) is 0 Å². The van der Waals surface area contributed by atoms with Gasteiger partial charge in [-0.25, -0.2) is 0 Å². The number of anilines is 2. The van der Waals surface area contributed by atoms with E-state index in [0.29, 0.717) is 18.2 Å². The maximum Gasteiger partial charge on any atom is 0.276 e. The molecule has 2 aromatic rings. The summed E-state index contributed by atoms with van der Waals surface area (Å²) in [6.45, 7) is 4.84. The lowest BCUT2D eigenvalue weighted by atomic mass is 10.3. The summed E-state index contributed by atoms with van der Waals surface area (Å²) >= 11 is 1.25. The average Bonchev–Trinajstić information content (AvgIpc) is 2.93. The van der Waals surface area contributed by atoms with Crippen LogP contribution >= 0.6 is 11.5 Å². The second-order valence-electron chi connectivity index (χ2n) is 4.66. The Morgan fingerprint density at radius 3 is 2.76 bits per heavy atom. The Morgan fingerprint density at radius 2 is 2.14 bits per heavy atom. The molecular weight excluding hydrogens is 290 g/mol. The topological polar surface area (TPSA) is 80.2 Å². The fourth-order valence-electron chi connectivity index (χ4n) is 2.01. The summed E-state index contributed by atoms with van der Waals surface area (Å²) in [7, 11) is 0. The van der Waals surface area contributed by atoms with Gasteiger partial charge in [-0.3, -0.25) is 4.79 Å². The smallest absolute Gasteiger partial charge is 0.276 e. The van der Waals surface area contributed by atoms with Crippen molar-refractivity contribution >= 4 is 28.3 Å². The number of ether oxygens (including phenoxy) is 1. The number of carbonyl (C=O) groups is 1. The first-order valence-corrected chi connectivity index (χ1v) is 7.41. The number of carbonyl (C=O) groups excluding carboxylic acids is 1. The van der Waals surface area contributed by atoms with Crippen LogP contribution in [0.2, 0.25) is 0 Å². The largest absolute Gasteiger partial charge is 0.378 e. The molecule has 3 rings (SSSR count). The van der Waals surface area contributed by atoms with Crippen molar-refractivity contribution in [2.24, 2.45) is 0 Å². The zero-order valence-electron chi connectivity index (χ0n) is 11.6. The van der Waals surface area contributed by atoms with E-state index in [1.165, 1.54) is 11.5 Å². The first kappa shape index (κ1) is 13.9. The molecule has 0 aliphatic carbocycles. The van der Waals surface area contributed by atoms with Crippen molar-refractivity contribution in [2.75, 3.05) is 36.5 Å². The molecule has 1 saturated heterocycles. The molecule has 21 heavy (non-hydrogen) atoms. The van der Waals surface area contributed by atoms with Gasteiger partial charge in [0.15, 0.2) is 11.5 Å². The lowest BCUT2D eigenvalue weighted by Crippen LogP contribution is -2.37. The van der Waals surface area contributed by atoms with Crippen LogP contribution in [0.5, 0.6) is 0 Å². The number of hydrogen-bond acceptors (Lipinski definition) is 7. The molecule has 0 radical (unpaired) electrons. The second-order valence-corrected chi connectivity index (χ2v) is 5.47. The van der Waals surface area contributed by atoms with Gasteiger partial charge >= 0.3 is 0 Å². The Hall–Kier alpha value is -2.06. The van der Waals surface area contributed by atoms with E-state index in [1.807, 2.05) is 19.1 Å². The highest BCUT2D eigenvalue weighted by Gasteiger charge is 2.15. The molecular formula is C13H15N5O2S. The van der Waals surface area contributed by atoms with Gasteiger partial charge in [0.05, 0.1) is 18.9 Å². The highest BCUT2D eigenvalue weighted by atomic mass is 32.1. The number of nitrogens with one attached hydrogen (secondary N) is 1. The Labute approximate surface area is 126 Å². The number of hydrogen-bond donors (Lipinski definition) is 1. The van der Waals surface area contributed by atoms with Crippen LogP contribution in [-0.4, -0.2) is 46.8 Å². The van der Waals surface area contributed by atoms with Gasteiger partial charge in [0, 0.05) is 13.1 Å². The monoisotopic (exact) mass is 305 g/mol. The standard InChI is InChI=1S/C13H15N5O2S/c1-9-8-12(21-17-9)14-13(19)10-2-3-11(16-15-10)18-4-6-20-7-5-18/h2-3,8H,4-7H2,1H3,(H,14,19). The summed E-state index contributed by atoms with van der Waals surface area (Å²) in [5, 5.41) is 11.6. The van der Waals surface area contributed by atoms with Gasteiger partial charge in [0.1, 0.15) is 5.00 Å². The third-order valence-electron chi connectivity index (χ3n) is 3.08. The van der Waals surface area contributed by atoms with Crippen molar-refractivity contribution in [3.05, 3.63) is 29.6 Å². The highest BCUT2D eigenvalue weighted by Crippen LogP contribution is 2.17. The Balaban J connectivity index is 1.67. The van der Waals surface area contributed by atoms with E-state index in [9.17, 15) is 4.79 Å². The van der Waals surface area contributed by atoms with Crippen molar-refractivity contribution in [1.29, 1.82) is 0 Å². The molecule has 0 bridgehead atoms. The molecule has 110 valence electrons. The van der Waals surface area contributed by atoms with Gasteiger partial charge in [-0.15, -0.1) is 10.2 Å². The van der Waals surface area contributed by atoms with Crippen molar-refractivity contribution in [1.82, 2.24) is 14.6 Å². The van der Waals surface area contributed by atoms with Crippen LogP contribution in [0, 0.1) is 6.92 Å². The van der Waals surface area contributed by atoms with Crippen LogP contribution in [0.15, 0.2) is 18.2 Å². The first-order valence-electron chi connectivity index (χ1n) is 6.63. The van der Waals surface area contributed by atoms with Crippen LogP contribution < -0.4 is 10.2 Å². The Morgan fingerprint density at radius 1 is 1.33 bits per heavy atom. The van der Waals surface area contributed by atoms with Gasteiger partial charge in [-0.2, -0.15) is 4.37 Å². The Bertz CT molecular complexity index is 622. The minimum absolute atomic E-state index is 0.278. The zero-order valence-corrected chi connectivity index (χ0v) is 12.4. The van der Waals surface area contributed by atoms with Gasteiger partial charge in [-0.05, 0) is 36.7 Å². The molecule has 1 fully saturated rings. The van der Waals surface area contributed by atoms with E-state index in [4.69, 9.17) is 4.74 Å². The quantitative estimate of drug-likeness (QED) is 0.921. The molecule has 0 aromatic carbocycles. The fraction of sp³-hybridized carbons (Fsp3) is 0.385. The zero-order chi connectivity index (χ0) is 14.7. The normalized spacial score (nSPS) is 15.0. The minimum Gasteiger partial charge on any atom is -0.378 e. The number of morpholine rings is 1. The second kappa shape index (κ2) is 6.15. The molecule has 0 atom stereocenters. The molecule has 2 aromatic heterocycles. The highest BCUT2D eigenvalue weighted by molar-refractivity contribution is 7.10. The molecule has 1 aliphatic heterocycles. The van der Waals surface area contributed by atoms with E-state index in [1.54, 1.807) is 6.07 Å². The molecule has 8 heteroatoms. The fourth-order valence-corrected chi connectivity index (χ4v) is 2.66. The molecule has 0 unspecified atom stereocenters. The average molecular weight is 305 g/mol. The van der Waals surface area contributed by atoms with Crippen LogP contribution in [0.4, 0.5) is 10.8 Å². The van der Waals surface area contributed by atoms with Gasteiger partial charge < -0.3 is 15.0 Å². The number of aryl methyl sites for hydroxylation is 1. The summed E-state index contributed by atoms with van der Waals surface area (Å²) in [6.07, 6.45) is 0. The van der Waals surface area contributed by atoms with Gasteiger partial charge in [0.25, 0.3) is 5.91 Å². The predicted molar refractivity (Wildman–Crippen MR) is 79.9 cm³/mol.